The first kappa shape index (κ1) is 14.6. The fraction of sp³-hybridized carbons (Fsp3) is 0.769. The molecule has 2 heterocycles. The molecule has 112 valence electrons. The van der Waals surface area contributed by atoms with Gasteiger partial charge in [-0.25, -0.2) is 9.59 Å². The van der Waals surface area contributed by atoms with E-state index in [9.17, 15) is 14.4 Å². The van der Waals surface area contributed by atoms with Gasteiger partial charge in [-0.05, 0) is 12.8 Å². The van der Waals surface area contributed by atoms with E-state index in [-0.39, 0.29) is 18.0 Å². The molecule has 0 spiro atoms. The van der Waals surface area contributed by atoms with Gasteiger partial charge in [-0.2, -0.15) is 0 Å². The molecule has 7 heteroatoms. The number of carbonyl (C=O) groups is 3. The quantitative estimate of drug-likeness (QED) is 0.774. The SMILES string of the molecule is CCC[C@H](NC(=O)N1CCN2C(=O)CCC2C1)C(=O)O. The van der Waals surface area contributed by atoms with Crippen LogP contribution in [0.15, 0.2) is 0 Å². The van der Waals surface area contributed by atoms with Crippen LogP contribution in [0.5, 0.6) is 0 Å². The lowest BCUT2D eigenvalue weighted by Crippen LogP contribution is -2.57. The summed E-state index contributed by atoms with van der Waals surface area (Å²) < 4.78 is 0. The summed E-state index contributed by atoms with van der Waals surface area (Å²) in [5.41, 5.74) is 0. The number of nitrogens with zero attached hydrogens (tertiary/aromatic N) is 2. The fourth-order valence-corrected chi connectivity index (χ4v) is 2.84. The minimum Gasteiger partial charge on any atom is -0.480 e. The molecule has 0 aromatic heterocycles. The molecule has 3 amide bonds. The zero-order chi connectivity index (χ0) is 14.7. The van der Waals surface area contributed by atoms with Crippen molar-refractivity contribution < 1.29 is 19.5 Å². The topological polar surface area (TPSA) is 90.0 Å². The molecule has 2 N–H and O–H groups in total. The fourth-order valence-electron chi connectivity index (χ4n) is 2.84. The highest BCUT2D eigenvalue weighted by molar-refractivity contribution is 5.83. The number of rotatable bonds is 4. The van der Waals surface area contributed by atoms with Crippen LogP contribution in [0, 0.1) is 0 Å². The van der Waals surface area contributed by atoms with Gasteiger partial charge in [0.1, 0.15) is 6.04 Å². The van der Waals surface area contributed by atoms with E-state index in [1.807, 2.05) is 11.8 Å². The van der Waals surface area contributed by atoms with Crippen molar-refractivity contribution in [2.75, 3.05) is 19.6 Å². The highest BCUT2D eigenvalue weighted by Crippen LogP contribution is 2.22. The van der Waals surface area contributed by atoms with E-state index in [0.717, 1.165) is 6.42 Å². The van der Waals surface area contributed by atoms with Gasteiger partial charge in [-0.15, -0.1) is 0 Å². The summed E-state index contributed by atoms with van der Waals surface area (Å²) in [6.45, 7) is 3.38. The van der Waals surface area contributed by atoms with Gasteiger partial charge >= 0.3 is 12.0 Å². The summed E-state index contributed by atoms with van der Waals surface area (Å²) in [5, 5.41) is 11.6. The third-order valence-electron chi connectivity index (χ3n) is 3.95. The zero-order valence-corrected chi connectivity index (χ0v) is 11.7. The van der Waals surface area contributed by atoms with Crippen molar-refractivity contribution >= 4 is 17.9 Å². The van der Waals surface area contributed by atoms with Gasteiger partial charge < -0.3 is 20.2 Å². The Hall–Kier alpha value is -1.79. The van der Waals surface area contributed by atoms with Crippen molar-refractivity contribution in [3.05, 3.63) is 0 Å². The van der Waals surface area contributed by atoms with E-state index in [1.54, 1.807) is 4.90 Å². The number of carbonyl (C=O) groups excluding carboxylic acids is 2. The number of fused-ring (bicyclic) bond motifs is 1. The van der Waals surface area contributed by atoms with E-state index in [4.69, 9.17) is 5.11 Å². The third-order valence-corrected chi connectivity index (χ3v) is 3.95. The van der Waals surface area contributed by atoms with Crippen LogP contribution in [-0.4, -0.2) is 64.5 Å². The Balaban J connectivity index is 1.90. The second-order valence-electron chi connectivity index (χ2n) is 5.35. The van der Waals surface area contributed by atoms with Crippen LogP contribution in [0.1, 0.15) is 32.6 Å². The maximum Gasteiger partial charge on any atom is 0.326 e. The molecule has 1 unspecified atom stereocenters. The molecule has 2 aliphatic heterocycles. The van der Waals surface area contributed by atoms with Crippen molar-refractivity contribution in [3.8, 4) is 0 Å². The molecule has 2 fully saturated rings. The number of nitrogens with one attached hydrogen (secondary N) is 1. The molecule has 7 nitrogen and oxygen atoms in total. The summed E-state index contributed by atoms with van der Waals surface area (Å²) in [5.74, 6) is -0.848. The zero-order valence-electron chi connectivity index (χ0n) is 11.7. The Bertz CT molecular complexity index is 412. The Kier molecular flexibility index (Phi) is 4.46. The number of carboxylic acid groups (broad SMARTS) is 1. The number of aliphatic carboxylic acids is 1. The Morgan fingerprint density at radius 2 is 2.20 bits per heavy atom. The molecular weight excluding hydrogens is 262 g/mol. The van der Waals surface area contributed by atoms with Crippen LogP contribution in [0.2, 0.25) is 0 Å². The second kappa shape index (κ2) is 6.11. The van der Waals surface area contributed by atoms with Gasteiger partial charge in [0.2, 0.25) is 5.91 Å². The van der Waals surface area contributed by atoms with E-state index >= 15 is 0 Å². The summed E-state index contributed by atoms with van der Waals surface area (Å²) in [6.07, 6.45) is 2.44. The number of piperazine rings is 1. The maximum atomic E-state index is 12.1. The molecule has 2 rings (SSSR count). The number of amides is 3. The van der Waals surface area contributed by atoms with E-state index in [2.05, 4.69) is 5.32 Å². The van der Waals surface area contributed by atoms with Gasteiger partial charge in [0.05, 0.1) is 0 Å². The van der Waals surface area contributed by atoms with Crippen molar-refractivity contribution in [2.24, 2.45) is 0 Å². The van der Waals surface area contributed by atoms with E-state index in [1.165, 1.54) is 0 Å². The average Bonchev–Trinajstić information content (AvgIpc) is 2.79. The molecule has 0 radical (unpaired) electrons. The molecule has 0 saturated carbocycles. The molecule has 0 aliphatic carbocycles. The number of carboxylic acids is 1. The first-order chi connectivity index (χ1) is 9.52. The summed E-state index contributed by atoms with van der Waals surface area (Å²) in [7, 11) is 0. The van der Waals surface area contributed by atoms with Crippen molar-refractivity contribution in [2.45, 2.75) is 44.7 Å². The largest absolute Gasteiger partial charge is 0.480 e. The van der Waals surface area contributed by atoms with Gasteiger partial charge in [0.15, 0.2) is 0 Å². The standard InChI is InChI=1S/C13H21N3O4/c1-2-3-10(12(18)19)14-13(20)15-6-7-16-9(8-15)4-5-11(16)17/h9-10H,2-8H2,1H3,(H,14,20)(H,18,19)/t9?,10-/m0/s1. The summed E-state index contributed by atoms with van der Waals surface area (Å²) >= 11 is 0. The van der Waals surface area contributed by atoms with Gasteiger partial charge in [-0.1, -0.05) is 13.3 Å². The Labute approximate surface area is 117 Å². The van der Waals surface area contributed by atoms with Crippen LogP contribution in [0.4, 0.5) is 4.79 Å². The number of urea groups is 1. The van der Waals surface area contributed by atoms with E-state index in [0.29, 0.717) is 38.9 Å². The molecular formula is C13H21N3O4. The highest BCUT2D eigenvalue weighted by Gasteiger charge is 2.37. The van der Waals surface area contributed by atoms with Crippen molar-refractivity contribution in [1.82, 2.24) is 15.1 Å². The Morgan fingerprint density at radius 1 is 1.45 bits per heavy atom. The lowest BCUT2D eigenvalue weighted by Gasteiger charge is -2.37. The van der Waals surface area contributed by atoms with Crippen molar-refractivity contribution in [3.63, 3.8) is 0 Å². The van der Waals surface area contributed by atoms with Gasteiger partial charge in [0.25, 0.3) is 0 Å². The maximum absolute atomic E-state index is 12.1. The lowest BCUT2D eigenvalue weighted by atomic mass is 10.1. The number of hydrogen-bond acceptors (Lipinski definition) is 3. The first-order valence-corrected chi connectivity index (χ1v) is 7.10. The third kappa shape index (κ3) is 3.02. The van der Waals surface area contributed by atoms with Crippen LogP contribution < -0.4 is 5.32 Å². The predicted octanol–water partition coefficient (Wildman–Crippen LogP) is 0.256. The first-order valence-electron chi connectivity index (χ1n) is 7.10. The predicted molar refractivity (Wildman–Crippen MR) is 71.2 cm³/mol. The minimum absolute atomic E-state index is 0.0939. The molecule has 20 heavy (non-hydrogen) atoms. The minimum atomic E-state index is -1.00. The molecule has 2 atom stereocenters. The van der Waals surface area contributed by atoms with Crippen LogP contribution in [0.25, 0.3) is 0 Å². The summed E-state index contributed by atoms with van der Waals surface area (Å²) in [4.78, 5) is 38.2. The molecule has 0 bridgehead atoms. The second-order valence-corrected chi connectivity index (χ2v) is 5.35. The van der Waals surface area contributed by atoms with E-state index < -0.39 is 12.0 Å². The van der Waals surface area contributed by atoms with Crippen LogP contribution in [-0.2, 0) is 9.59 Å². The molecule has 0 aromatic carbocycles. The monoisotopic (exact) mass is 283 g/mol. The highest BCUT2D eigenvalue weighted by atomic mass is 16.4. The molecule has 2 saturated heterocycles. The molecule has 0 aromatic rings. The van der Waals surface area contributed by atoms with Gasteiger partial charge in [0, 0.05) is 32.1 Å². The Morgan fingerprint density at radius 3 is 2.85 bits per heavy atom. The van der Waals surface area contributed by atoms with Crippen LogP contribution in [0.3, 0.4) is 0 Å². The summed E-state index contributed by atoms with van der Waals surface area (Å²) in [6, 6.07) is -1.09. The van der Waals surface area contributed by atoms with Crippen molar-refractivity contribution in [1.29, 1.82) is 0 Å². The van der Waals surface area contributed by atoms with Crippen LogP contribution >= 0.6 is 0 Å². The average molecular weight is 283 g/mol. The van der Waals surface area contributed by atoms with Gasteiger partial charge in [-0.3, -0.25) is 4.79 Å². The normalized spacial score (nSPS) is 23.4. The lowest BCUT2D eigenvalue weighted by molar-refractivity contribution is -0.139. The molecule has 2 aliphatic rings. The number of hydrogen-bond donors (Lipinski definition) is 2. The smallest absolute Gasteiger partial charge is 0.326 e.